The molecule has 1 N–H and O–H groups in total. The quantitative estimate of drug-likeness (QED) is 0.317. The van der Waals surface area contributed by atoms with E-state index in [9.17, 15) is 9.59 Å². The van der Waals surface area contributed by atoms with Crippen LogP contribution in [0.25, 0.3) is 0 Å². The minimum Gasteiger partial charge on any atom is -0.484 e. The zero-order valence-corrected chi connectivity index (χ0v) is 20.3. The number of carbonyl (C=O) groups excluding carboxylic acids is 2. The van der Waals surface area contributed by atoms with Gasteiger partial charge in [0, 0.05) is 5.69 Å². The molecule has 0 aliphatic heterocycles. The van der Waals surface area contributed by atoms with Gasteiger partial charge in [0.1, 0.15) is 5.75 Å². The van der Waals surface area contributed by atoms with Crippen molar-refractivity contribution < 1.29 is 14.3 Å². The van der Waals surface area contributed by atoms with E-state index in [4.69, 9.17) is 4.74 Å². The number of anilines is 1. The van der Waals surface area contributed by atoms with Crippen LogP contribution in [-0.2, 0) is 22.6 Å². The highest BCUT2D eigenvalue weighted by Gasteiger charge is 2.18. The molecule has 1 unspecified atom stereocenters. The van der Waals surface area contributed by atoms with Crippen LogP contribution in [-0.4, -0.2) is 18.4 Å². The van der Waals surface area contributed by atoms with Crippen molar-refractivity contribution >= 4 is 17.5 Å². The Morgan fingerprint density at radius 3 is 1.97 bits per heavy atom. The van der Waals surface area contributed by atoms with E-state index in [1.54, 1.807) is 4.90 Å². The molecule has 4 aromatic carbocycles. The molecule has 4 aromatic rings. The maximum atomic E-state index is 13.2. The summed E-state index contributed by atoms with van der Waals surface area (Å²) in [5.74, 6) is 0.453. The lowest BCUT2D eigenvalue weighted by atomic mass is 10.1. The maximum Gasteiger partial charge on any atom is 0.265 e. The third-order valence-electron chi connectivity index (χ3n) is 5.88. The molecule has 0 radical (unpaired) electrons. The van der Waals surface area contributed by atoms with Gasteiger partial charge in [-0.3, -0.25) is 9.59 Å². The molecule has 36 heavy (non-hydrogen) atoms. The van der Waals surface area contributed by atoms with Crippen molar-refractivity contribution in [2.45, 2.75) is 25.9 Å². The number of carbonyl (C=O) groups is 2. The molecule has 0 aliphatic rings. The zero-order valence-electron chi connectivity index (χ0n) is 20.3. The Balaban J connectivity index is 1.42. The van der Waals surface area contributed by atoms with Crippen molar-refractivity contribution in [1.29, 1.82) is 0 Å². The second kappa shape index (κ2) is 12.4. The van der Waals surface area contributed by atoms with E-state index in [2.05, 4.69) is 5.32 Å². The van der Waals surface area contributed by atoms with E-state index in [1.807, 2.05) is 122 Å². The number of hydrogen-bond acceptors (Lipinski definition) is 3. The number of hydrogen-bond donors (Lipinski definition) is 1. The first-order valence-corrected chi connectivity index (χ1v) is 12.0. The number of ether oxygens (including phenoxy) is 1. The van der Waals surface area contributed by atoms with Gasteiger partial charge in [-0.15, -0.1) is 0 Å². The topological polar surface area (TPSA) is 58.6 Å². The van der Waals surface area contributed by atoms with Gasteiger partial charge < -0.3 is 15.0 Å². The first-order chi connectivity index (χ1) is 17.6. The Morgan fingerprint density at radius 2 is 1.33 bits per heavy atom. The summed E-state index contributed by atoms with van der Waals surface area (Å²) in [5, 5.41) is 3.05. The fourth-order valence-electron chi connectivity index (χ4n) is 3.93. The van der Waals surface area contributed by atoms with Crippen molar-refractivity contribution in [1.82, 2.24) is 5.32 Å². The lowest BCUT2D eigenvalue weighted by molar-refractivity contribution is -0.121. The standard InChI is InChI=1S/C31H30N2O3/c1-24(27-13-7-3-8-14-27)32-30(34)21-25-17-19-28(20-18-25)33(22-26-11-5-2-6-12-26)31(35)23-36-29-15-9-4-10-16-29/h2-20,24H,21-23H2,1H3,(H,32,34). The summed E-state index contributed by atoms with van der Waals surface area (Å²) in [7, 11) is 0. The van der Waals surface area contributed by atoms with Crippen molar-refractivity contribution in [3.63, 3.8) is 0 Å². The van der Waals surface area contributed by atoms with Gasteiger partial charge in [0.2, 0.25) is 5.91 Å². The van der Waals surface area contributed by atoms with Crippen molar-refractivity contribution in [3.8, 4) is 5.75 Å². The second-order valence-corrected chi connectivity index (χ2v) is 8.61. The number of amides is 2. The predicted molar refractivity (Wildman–Crippen MR) is 143 cm³/mol. The van der Waals surface area contributed by atoms with E-state index in [1.165, 1.54) is 0 Å². The summed E-state index contributed by atoms with van der Waals surface area (Å²) in [6.45, 7) is 2.32. The zero-order chi connectivity index (χ0) is 25.2. The summed E-state index contributed by atoms with van der Waals surface area (Å²) in [5.41, 5.74) is 3.71. The van der Waals surface area contributed by atoms with Crippen LogP contribution in [0.1, 0.15) is 29.7 Å². The van der Waals surface area contributed by atoms with Gasteiger partial charge in [0.05, 0.1) is 19.0 Å². The molecule has 182 valence electrons. The van der Waals surface area contributed by atoms with Crippen LogP contribution < -0.4 is 15.0 Å². The minimum atomic E-state index is -0.148. The summed E-state index contributed by atoms with van der Waals surface area (Å²) < 4.78 is 5.71. The van der Waals surface area contributed by atoms with Gasteiger partial charge in [0.15, 0.2) is 6.61 Å². The van der Waals surface area contributed by atoms with E-state index < -0.39 is 0 Å². The molecule has 0 saturated heterocycles. The highest BCUT2D eigenvalue weighted by molar-refractivity contribution is 5.94. The Morgan fingerprint density at radius 1 is 0.750 bits per heavy atom. The van der Waals surface area contributed by atoms with Gasteiger partial charge in [0.25, 0.3) is 5.91 Å². The fourth-order valence-corrected chi connectivity index (χ4v) is 3.93. The van der Waals surface area contributed by atoms with Crippen LogP contribution in [0, 0.1) is 0 Å². The first kappa shape index (κ1) is 24.7. The van der Waals surface area contributed by atoms with E-state index in [-0.39, 0.29) is 30.9 Å². The first-order valence-electron chi connectivity index (χ1n) is 12.0. The molecule has 0 aromatic heterocycles. The van der Waals surface area contributed by atoms with Crippen LogP contribution >= 0.6 is 0 Å². The fraction of sp³-hybridized carbons (Fsp3) is 0.161. The van der Waals surface area contributed by atoms with Crippen LogP contribution in [0.2, 0.25) is 0 Å². The molecular weight excluding hydrogens is 448 g/mol. The number of rotatable bonds is 10. The summed E-state index contributed by atoms with van der Waals surface area (Å²) >= 11 is 0. The molecule has 0 aliphatic carbocycles. The number of nitrogens with one attached hydrogen (secondary N) is 1. The van der Waals surface area contributed by atoms with E-state index in [0.717, 1.165) is 22.4 Å². The van der Waals surface area contributed by atoms with E-state index >= 15 is 0 Å². The molecule has 2 amide bonds. The van der Waals surface area contributed by atoms with Gasteiger partial charge in [-0.1, -0.05) is 91.0 Å². The third kappa shape index (κ3) is 7.06. The summed E-state index contributed by atoms with van der Waals surface area (Å²) in [6.07, 6.45) is 0.265. The summed E-state index contributed by atoms with van der Waals surface area (Å²) in [6, 6.07) is 36.5. The molecule has 4 rings (SSSR count). The molecule has 0 saturated carbocycles. The average Bonchev–Trinajstić information content (AvgIpc) is 2.92. The molecule has 0 heterocycles. The number of nitrogens with zero attached hydrogens (tertiary/aromatic N) is 1. The van der Waals surface area contributed by atoms with Crippen molar-refractivity contribution in [3.05, 3.63) is 132 Å². The van der Waals surface area contributed by atoms with E-state index in [0.29, 0.717) is 12.3 Å². The van der Waals surface area contributed by atoms with Crippen molar-refractivity contribution in [2.75, 3.05) is 11.5 Å². The Kier molecular flexibility index (Phi) is 8.49. The smallest absolute Gasteiger partial charge is 0.265 e. The lowest BCUT2D eigenvalue weighted by Crippen LogP contribution is -2.34. The van der Waals surface area contributed by atoms with Crippen LogP contribution in [0.3, 0.4) is 0 Å². The van der Waals surface area contributed by atoms with Crippen LogP contribution in [0.5, 0.6) is 5.75 Å². The molecule has 1 atom stereocenters. The van der Waals surface area contributed by atoms with Crippen molar-refractivity contribution in [2.24, 2.45) is 0 Å². The molecule has 0 fully saturated rings. The number of benzene rings is 4. The van der Waals surface area contributed by atoms with Gasteiger partial charge in [-0.2, -0.15) is 0 Å². The second-order valence-electron chi connectivity index (χ2n) is 8.61. The molecule has 0 spiro atoms. The Hall–Kier alpha value is -4.38. The predicted octanol–water partition coefficient (Wildman–Crippen LogP) is 5.72. The minimum absolute atomic E-state index is 0.0485. The SMILES string of the molecule is CC(NC(=O)Cc1ccc(N(Cc2ccccc2)C(=O)COc2ccccc2)cc1)c1ccccc1. The van der Waals surface area contributed by atoms with Gasteiger partial charge in [-0.05, 0) is 47.9 Å². The largest absolute Gasteiger partial charge is 0.484 e. The third-order valence-corrected chi connectivity index (χ3v) is 5.88. The average molecular weight is 479 g/mol. The molecule has 5 heteroatoms. The Bertz CT molecular complexity index is 1240. The summed E-state index contributed by atoms with van der Waals surface area (Å²) in [4.78, 5) is 27.5. The van der Waals surface area contributed by atoms with Crippen LogP contribution in [0.4, 0.5) is 5.69 Å². The highest BCUT2D eigenvalue weighted by atomic mass is 16.5. The number of para-hydroxylation sites is 1. The Labute approximate surface area is 212 Å². The molecule has 5 nitrogen and oxygen atoms in total. The van der Waals surface area contributed by atoms with Crippen LogP contribution in [0.15, 0.2) is 115 Å². The molecule has 0 bridgehead atoms. The maximum absolute atomic E-state index is 13.2. The normalized spacial score (nSPS) is 11.4. The lowest BCUT2D eigenvalue weighted by Gasteiger charge is -2.23. The molecular formula is C31H30N2O3. The highest BCUT2D eigenvalue weighted by Crippen LogP contribution is 2.20. The van der Waals surface area contributed by atoms with Gasteiger partial charge in [-0.25, -0.2) is 0 Å². The monoisotopic (exact) mass is 478 g/mol. The van der Waals surface area contributed by atoms with Gasteiger partial charge >= 0.3 is 0 Å².